The number of amides is 1. The van der Waals surface area contributed by atoms with E-state index in [1.54, 1.807) is 30.3 Å². The van der Waals surface area contributed by atoms with Crippen LogP contribution in [0.25, 0.3) is 0 Å². The van der Waals surface area contributed by atoms with Crippen LogP contribution in [-0.4, -0.2) is 20.6 Å². The van der Waals surface area contributed by atoms with E-state index >= 15 is 0 Å². The largest absolute Gasteiger partial charge is 0.416 e. The van der Waals surface area contributed by atoms with Crippen LogP contribution in [-0.2, 0) is 19.3 Å². The van der Waals surface area contributed by atoms with Crippen molar-refractivity contribution in [2.45, 2.75) is 19.3 Å². The van der Waals surface area contributed by atoms with E-state index in [0.717, 1.165) is 23.8 Å². The van der Waals surface area contributed by atoms with Crippen molar-refractivity contribution in [3.8, 4) is 0 Å². The maximum absolute atomic E-state index is 12.8. The Morgan fingerprint density at radius 1 is 1.07 bits per heavy atom. The van der Waals surface area contributed by atoms with Gasteiger partial charge in [-0.05, 0) is 28.2 Å². The van der Waals surface area contributed by atoms with Gasteiger partial charge in [-0.2, -0.15) is 17.9 Å². The van der Waals surface area contributed by atoms with Gasteiger partial charge in [-0.15, -0.1) is 0 Å². The smallest absolute Gasteiger partial charge is 0.358 e. The van der Waals surface area contributed by atoms with Gasteiger partial charge < -0.3 is 15.4 Å². The van der Waals surface area contributed by atoms with Crippen LogP contribution in [0, 0.1) is 10.1 Å². The van der Waals surface area contributed by atoms with Gasteiger partial charge in [0.15, 0.2) is 5.69 Å². The van der Waals surface area contributed by atoms with E-state index in [-0.39, 0.29) is 24.3 Å². The van der Waals surface area contributed by atoms with Crippen LogP contribution < -0.4 is 5.32 Å². The highest BCUT2D eigenvalue weighted by atomic mass is 19.4. The topological polar surface area (TPSA) is 90.1 Å². The van der Waals surface area contributed by atoms with Crippen LogP contribution in [0.3, 0.4) is 0 Å². The number of alkyl halides is 3. The van der Waals surface area contributed by atoms with Gasteiger partial charge in [-0.1, -0.05) is 42.5 Å². The van der Waals surface area contributed by atoms with Crippen LogP contribution in [0.2, 0.25) is 0 Å². The van der Waals surface area contributed by atoms with E-state index < -0.39 is 28.4 Å². The summed E-state index contributed by atoms with van der Waals surface area (Å²) in [5.74, 6) is -1.18. The fourth-order valence-electron chi connectivity index (χ4n) is 2.68. The second-order valence-corrected chi connectivity index (χ2v) is 6.17. The van der Waals surface area contributed by atoms with Crippen molar-refractivity contribution < 1.29 is 22.9 Å². The van der Waals surface area contributed by atoms with Crippen LogP contribution >= 0.6 is 0 Å². The summed E-state index contributed by atoms with van der Waals surface area (Å²) in [4.78, 5) is 22.9. The highest BCUT2D eigenvalue weighted by Gasteiger charge is 2.30. The maximum Gasteiger partial charge on any atom is 0.416 e. The summed E-state index contributed by atoms with van der Waals surface area (Å²) in [5.41, 5.74) is 0.135. The molecule has 2 aromatic carbocycles. The Bertz CT molecular complexity index is 1030. The fourth-order valence-corrected chi connectivity index (χ4v) is 2.68. The molecule has 0 atom stereocenters. The zero-order chi connectivity index (χ0) is 21.0. The number of carbonyl (C=O) groups excluding carboxylic acids is 1. The minimum absolute atomic E-state index is 0.0625. The van der Waals surface area contributed by atoms with Gasteiger partial charge in [0.25, 0.3) is 5.91 Å². The molecular weight excluding hydrogens is 389 g/mol. The molecule has 0 saturated heterocycles. The molecule has 29 heavy (non-hydrogen) atoms. The van der Waals surface area contributed by atoms with Crippen molar-refractivity contribution >= 4 is 11.7 Å². The minimum Gasteiger partial charge on any atom is -0.358 e. The number of nitrogens with one attached hydrogen (secondary N) is 1. The molecule has 0 aliphatic carbocycles. The van der Waals surface area contributed by atoms with Crippen molar-refractivity contribution in [1.29, 1.82) is 0 Å². The summed E-state index contributed by atoms with van der Waals surface area (Å²) in [6.45, 7) is -0.0476. The number of aromatic nitrogens is 2. The fraction of sp³-hybridized carbons (Fsp3) is 0.158. The quantitative estimate of drug-likeness (QED) is 0.500. The number of nitrogens with zero attached hydrogens (tertiary/aromatic N) is 3. The predicted octanol–water partition coefficient (Wildman–Crippen LogP) is 3.79. The second-order valence-electron chi connectivity index (χ2n) is 6.17. The Labute approximate surface area is 162 Å². The van der Waals surface area contributed by atoms with E-state index in [1.165, 1.54) is 16.8 Å². The van der Waals surface area contributed by atoms with Gasteiger partial charge >= 0.3 is 12.0 Å². The van der Waals surface area contributed by atoms with Crippen LogP contribution in [0.4, 0.5) is 19.0 Å². The Hall–Kier alpha value is -3.69. The summed E-state index contributed by atoms with van der Waals surface area (Å²) in [7, 11) is 0. The van der Waals surface area contributed by atoms with E-state index in [4.69, 9.17) is 0 Å². The van der Waals surface area contributed by atoms with Gasteiger partial charge in [0.2, 0.25) is 0 Å². The van der Waals surface area contributed by atoms with Crippen molar-refractivity contribution in [3.05, 3.63) is 93.2 Å². The molecule has 0 aliphatic rings. The van der Waals surface area contributed by atoms with Gasteiger partial charge in [-0.3, -0.25) is 4.79 Å². The number of hydrogen-bond donors (Lipinski definition) is 1. The van der Waals surface area contributed by atoms with Crippen LogP contribution in [0.15, 0.2) is 60.7 Å². The monoisotopic (exact) mass is 404 g/mol. The Morgan fingerprint density at radius 2 is 1.76 bits per heavy atom. The molecule has 10 heteroatoms. The van der Waals surface area contributed by atoms with E-state index in [2.05, 4.69) is 10.4 Å². The normalized spacial score (nSPS) is 11.3. The zero-order valence-corrected chi connectivity index (χ0v) is 14.9. The van der Waals surface area contributed by atoms with E-state index in [9.17, 15) is 28.1 Å². The SMILES string of the molecule is O=C(NCc1cccc(C(F)(F)F)c1)c1cc([N+](=O)[O-])nn1Cc1ccccc1. The first-order valence-corrected chi connectivity index (χ1v) is 8.44. The minimum atomic E-state index is -4.49. The highest BCUT2D eigenvalue weighted by molar-refractivity contribution is 5.93. The lowest BCUT2D eigenvalue weighted by Crippen LogP contribution is -2.26. The van der Waals surface area contributed by atoms with Crippen molar-refractivity contribution in [1.82, 2.24) is 15.1 Å². The third kappa shape index (κ3) is 4.98. The number of benzene rings is 2. The molecule has 0 saturated carbocycles. The number of nitro groups is 1. The first kappa shape index (κ1) is 20.1. The third-order valence-corrected chi connectivity index (χ3v) is 4.07. The molecular formula is C19H15F3N4O3. The molecule has 1 heterocycles. The average molecular weight is 404 g/mol. The van der Waals surface area contributed by atoms with Crippen molar-refractivity contribution in [3.63, 3.8) is 0 Å². The molecule has 0 radical (unpaired) electrons. The predicted molar refractivity (Wildman–Crippen MR) is 97.0 cm³/mol. The van der Waals surface area contributed by atoms with E-state index in [0.29, 0.717) is 0 Å². The standard InChI is InChI=1S/C19H15F3N4O3/c20-19(21,22)15-8-4-7-14(9-15)11-23-18(27)16-10-17(26(28)29)24-25(16)12-13-5-2-1-3-6-13/h1-10H,11-12H2,(H,23,27). The molecule has 0 aliphatic heterocycles. The number of rotatable bonds is 6. The lowest BCUT2D eigenvalue weighted by atomic mass is 10.1. The van der Waals surface area contributed by atoms with Crippen molar-refractivity contribution in [2.75, 3.05) is 0 Å². The first-order chi connectivity index (χ1) is 13.7. The molecule has 0 spiro atoms. The van der Waals surface area contributed by atoms with E-state index in [1.807, 2.05) is 0 Å². The zero-order valence-electron chi connectivity index (χ0n) is 14.9. The van der Waals surface area contributed by atoms with Crippen LogP contribution in [0.5, 0.6) is 0 Å². The number of halogens is 3. The highest BCUT2D eigenvalue weighted by Crippen LogP contribution is 2.29. The summed E-state index contributed by atoms with van der Waals surface area (Å²) in [6, 6.07) is 14.5. The first-order valence-electron chi connectivity index (χ1n) is 8.44. The third-order valence-electron chi connectivity index (χ3n) is 4.07. The number of hydrogen-bond acceptors (Lipinski definition) is 4. The lowest BCUT2D eigenvalue weighted by Gasteiger charge is -2.10. The molecule has 0 unspecified atom stereocenters. The Kier molecular flexibility index (Phi) is 5.62. The molecule has 0 fully saturated rings. The molecule has 1 amide bonds. The Balaban J connectivity index is 1.79. The molecule has 0 bridgehead atoms. The van der Waals surface area contributed by atoms with Crippen LogP contribution in [0.1, 0.15) is 27.2 Å². The number of carbonyl (C=O) groups is 1. The summed E-state index contributed by atoms with van der Waals surface area (Å²) < 4.78 is 39.6. The molecule has 3 rings (SSSR count). The average Bonchev–Trinajstić information content (AvgIpc) is 3.11. The van der Waals surface area contributed by atoms with Crippen molar-refractivity contribution in [2.24, 2.45) is 0 Å². The Morgan fingerprint density at radius 3 is 2.41 bits per heavy atom. The molecule has 150 valence electrons. The maximum atomic E-state index is 12.8. The van der Waals surface area contributed by atoms with Gasteiger partial charge in [-0.25, -0.2) is 0 Å². The van der Waals surface area contributed by atoms with Gasteiger partial charge in [0, 0.05) is 6.54 Å². The molecule has 7 nitrogen and oxygen atoms in total. The summed E-state index contributed by atoms with van der Waals surface area (Å²) in [5, 5.41) is 17.4. The van der Waals surface area contributed by atoms with Gasteiger partial charge in [0.1, 0.15) is 0 Å². The molecule has 1 N–H and O–H groups in total. The summed E-state index contributed by atoms with van der Waals surface area (Å²) in [6.07, 6.45) is -4.49. The summed E-state index contributed by atoms with van der Waals surface area (Å²) >= 11 is 0. The molecule has 1 aromatic heterocycles. The molecule has 3 aromatic rings. The second kappa shape index (κ2) is 8.13. The van der Waals surface area contributed by atoms with Gasteiger partial charge in [0.05, 0.1) is 23.3 Å². The lowest BCUT2D eigenvalue weighted by molar-refractivity contribution is -0.389.